The van der Waals surface area contributed by atoms with Gasteiger partial charge in [-0.2, -0.15) is 5.26 Å². The molecule has 0 saturated heterocycles. The average Bonchev–Trinajstić information content (AvgIpc) is 2.97. The molecule has 0 bridgehead atoms. The van der Waals surface area contributed by atoms with E-state index >= 15 is 0 Å². The van der Waals surface area contributed by atoms with Crippen molar-refractivity contribution in [2.45, 2.75) is 6.54 Å². The lowest BCUT2D eigenvalue weighted by Gasteiger charge is -2.01. The van der Waals surface area contributed by atoms with Gasteiger partial charge in [-0.05, 0) is 35.9 Å². The highest BCUT2D eigenvalue weighted by molar-refractivity contribution is 5.91. The standard InChI is InChI=1S/C18H15N5O2/c19-13-15-6-4-14(5-7-15)8-9-17(24)20-10-12-23-18(25)22-11-2-1-3-16(22)21-23/h1-9,11H,10,12H2,(H,20,24). The van der Waals surface area contributed by atoms with Gasteiger partial charge in [-0.25, -0.2) is 9.48 Å². The third kappa shape index (κ3) is 3.82. The van der Waals surface area contributed by atoms with Crippen molar-refractivity contribution < 1.29 is 4.79 Å². The van der Waals surface area contributed by atoms with Gasteiger partial charge in [0, 0.05) is 18.8 Å². The number of hydrogen-bond donors (Lipinski definition) is 1. The molecule has 0 atom stereocenters. The average molecular weight is 333 g/mol. The summed E-state index contributed by atoms with van der Waals surface area (Å²) in [5.74, 6) is -0.263. The van der Waals surface area contributed by atoms with Gasteiger partial charge in [0.15, 0.2) is 5.65 Å². The zero-order chi connectivity index (χ0) is 17.6. The fourth-order valence-corrected chi connectivity index (χ4v) is 2.30. The molecule has 7 nitrogen and oxygen atoms in total. The number of amides is 1. The highest BCUT2D eigenvalue weighted by atomic mass is 16.2. The van der Waals surface area contributed by atoms with Crippen LogP contribution in [0.25, 0.3) is 11.7 Å². The monoisotopic (exact) mass is 333 g/mol. The molecule has 2 aromatic heterocycles. The normalized spacial score (nSPS) is 10.8. The number of carbonyl (C=O) groups is 1. The molecule has 0 spiro atoms. The first-order chi connectivity index (χ1) is 12.2. The quantitative estimate of drug-likeness (QED) is 0.710. The molecule has 7 heteroatoms. The molecule has 1 N–H and O–H groups in total. The van der Waals surface area contributed by atoms with E-state index in [1.807, 2.05) is 12.1 Å². The van der Waals surface area contributed by atoms with Crippen LogP contribution in [0.3, 0.4) is 0 Å². The third-order valence-electron chi connectivity index (χ3n) is 3.58. The van der Waals surface area contributed by atoms with Gasteiger partial charge >= 0.3 is 5.69 Å². The highest BCUT2D eigenvalue weighted by Crippen LogP contribution is 2.04. The minimum atomic E-state index is -0.263. The van der Waals surface area contributed by atoms with Gasteiger partial charge in [0.1, 0.15) is 0 Å². The topological polar surface area (TPSA) is 92.2 Å². The number of pyridine rings is 1. The van der Waals surface area contributed by atoms with Crippen molar-refractivity contribution in [3.63, 3.8) is 0 Å². The van der Waals surface area contributed by atoms with E-state index in [1.165, 1.54) is 15.2 Å². The molecule has 124 valence electrons. The maximum Gasteiger partial charge on any atom is 0.350 e. The summed E-state index contributed by atoms with van der Waals surface area (Å²) in [4.78, 5) is 23.9. The largest absolute Gasteiger partial charge is 0.351 e. The number of nitrogens with zero attached hydrogens (tertiary/aromatic N) is 4. The number of aromatic nitrogens is 3. The Morgan fingerprint density at radius 1 is 1.24 bits per heavy atom. The minimum absolute atomic E-state index is 0.238. The number of carbonyl (C=O) groups excluding carboxylic acids is 1. The second-order valence-electron chi connectivity index (χ2n) is 5.29. The van der Waals surface area contributed by atoms with Crippen molar-refractivity contribution in [1.29, 1.82) is 5.26 Å². The lowest BCUT2D eigenvalue weighted by atomic mass is 10.1. The number of hydrogen-bond acceptors (Lipinski definition) is 4. The summed E-state index contributed by atoms with van der Waals surface area (Å²) in [7, 11) is 0. The number of nitrogens with one attached hydrogen (secondary N) is 1. The maximum atomic E-state index is 12.1. The van der Waals surface area contributed by atoms with Crippen molar-refractivity contribution in [3.8, 4) is 6.07 Å². The van der Waals surface area contributed by atoms with E-state index in [9.17, 15) is 9.59 Å². The SMILES string of the molecule is N#Cc1ccc(C=CC(=O)NCCn2nc3ccccn3c2=O)cc1. The molecule has 0 aliphatic heterocycles. The van der Waals surface area contributed by atoms with E-state index in [0.29, 0.717) is 17.8 Å². The maximum absolute atomic E-state index is 12.1. The molecule has 0 radical (unpaired) electrons. The number of fused-ring (bicyclic) bond motifs is 1. The van der Waals surface area contributed by atoms with Gasteiger partial charge in [-0.3, -0.25) is 9.20 Å². The lowest BCUT2D eigenvalue weighted by molar-refractivity contribution is -0.116. The first-order valence-electron chi connectivity index (χ1n) is 7.67. The fourth-order valence-electron chi connectivity index (χ4n) is 2.30. The molecular formula is C18H15N5O2. The summed E-state index contributed by atoms with van der Waals surface area (Å²) >= 11 is 0. The van der Waals surface area contributed by atoms with Crippen LogP contribution >= 0.6 is 0 Å². The predicted octanol–water partition coefficient (Wildman–Crippen LogP) is 1.20. The summed E-state index contributed by atoms with van der Waals surface area (Å²) in [5.41, 5.74) is 1.72. The Labute approximate surface area is 143 Å². The lowest BCUT2D eigenvalue weighted by Crippen LogP contribution is -2.30. The minimum Gasteiger partial charge on any atom is -0.351 e. The smallest absolute Gasteiger partial charge is 0.350 e. The summed E-state index contributed by atoms with van der Waals surface area (Å²) in [5, 5.41) is 15.6. The summed E-state index contributed by atoms with van der Waals surface area (Å²) in [6.45, 7) is 0.581. The van der Waals surface area contributed by atoms with Crippen molar-refractivity contribution in [1.82, 2.24) is 19.5 Å². The van der Waals surface area contributed by atoms with Crippen LogP contribution in [0.1, 0.15) is 11.1 Å². The molecule has 0 unspecified atom stereocenters. The second-order valence-corrected chi connectivity index (χ2v) is 5.29. The van der Waals surface area contributed by atoms with Crippen LogP contribution in [0.5, 0.6) is 0 Å². The Kier molecular flexibility index (Phi) is 4.72. The summed E-state index contributed by atoms with van der Waals surface area (Å²) in [6.07, 6.45) is 4.72. The zero-order valence-electron chi connectivity index (χ0n) is 13.3. The van der Waals surface area contributed by atoms with Crippen LogP contribution in [0.2, 0.25) is 0 Å². The van der Waals surface area contributed by atoms with Crippen molar-refractivity contribution in [3.05, 3.63) is 76.3 Å². The van der Waals surface area contributed by atoms with Crippen LogP contribution < -0.4 is 11.0 Å². The molecule has 0 aliphatic rings. The van der Waals surface area contributed by atoms with E-state index in [2.05, 4.69) is 10.4 Å². The van der Waals surface area contributed by atoms with Gasteiger partial charge in [-0.1, -0.05) is 18.2 Å². The van der Waals surface area contributed by atoms with Gasteiger partial charge in [0.05, 0.1) is 18.2 Å². The molecule has 2 heterocycles. The molecule has 0 saturated carbocycles. The van der Waals surface area contributed by atoms with Crippen molar-refractivity contribution in [2.75, 3.05) is 6.54 Å². The van der Waals surface area contributed by atoms with E-state index in [0.717, 1.165) is 5.56 Å². The fraction of sp³-hybridized carbons (Fsp3) is 0.111. The van der Waals surface area contributed by atoms with Gasteiger partial charge in [0.2, 0.25) is 5.91 Å². The molecule has 1 aromatic carbocycles. The zero-order valence-corrected chi connectivity index (χ0v) is 13.3. The van der Waals surface area contributed by atoms with Crippen LogP contribution in [-0.2, 0) is 11.3 Å². The van der Waals surface area contributed by atoms with Crippen molar-refractivity contribution >= 4 is 17.6 Å². The van der Waals surface area contributed by atoms with Crippen LogP contribution in [-0.4, -0.2) is 26.6 Å². The molecule has 3 rings (SSSR count). The second kappa shape index (κ2) is 7.27. The van der Waals surface area contributed by atoms with Gasteiger partial charge < -0.3 is 5.32 Å². The first-order valence-corrected chi connectivity index (χ1v) is 7.67. The Morgan fingerprint density at radius 3 is 2.76 bits per heavy atom. The van der Waals surface area contributed by atoms with Crippen LogP contribution in [0, 0.1) is 11.3 Å². The highest BCUT2D eigenvalue weighted by Gasteiger charge is 2.05. The van der Waals surface area contributed by atoms with E-state index in [4.69, 9.17) is 5.26 Å². The Hall–Kier alpha value is -3.66. The summed E-state index contributed by atoms with van der Waals surface area (Å²) in [6, 6.07) is 14.3. The molecular weight excluding hydrogens is 318 g/mol. The number of rotatable bonds is 5. The Balaban J connectivity index is 1.55. The molecule has 0 aliphatic carbocycles. The summed E-state index contributed by atoms with van der Waals surface area (Å²) < 4.78 is 2.77. The van der Waals surface area contributed by atoms with Gasteiger partial charge in [-0.15, -0.1) is 5.10 Å². The molecule has 25 heavy (non-hydrogen) atoms. The van der Waals surface area contributed by atoms with Gasteiger partial charge in [0.25, 0.3) is 0 Å². The van der Waals surface area contributed by atoms with E-state index < -0.39 is 0 Å². The molecule has 1 amide bonds. The van der Waals surface area contributed by atoms with Crippen molar-refractivity contribution in [2.24, 2.45) is 0 Å². The number of nitriles is 1. The van der Waals surface area contributed by atoms with E-state index in [1.54, 1.807) is 48.7 Å². The van der Waals surface area contributed by atoms with Crippen LogP contribution in [0.4, 0.5) is 0 Å². The molecule has 0 fully saturated rings. The molecule has 3 aromatic rings. The predicted molar refractivity (Wildman–Crippen MR) is 92.7 cm³/mol. The Bertz CT molecular complexity index is 1020. The Morgan fingerprint density at radius 2 is 2.04 bits per heavy atom. The third-order valence-corrected chi connectivity index (χ3v) is 3.58. The van der Waals surface area contributed by atoms with E-state index in [-0.39, 0.29) is 18.1 Å². The number of benzene rings is 1. The first kappa shape index (κ1) is 16.2. The van der Waals surface area contributed by atoms with Crippen LogP contribution in [0.15, 0.2) is 59.5 Å².